The Morgan fingerprint density at radius 2 is 1.94 bits per heavy atom. The van der Waals surface area contributed by atoms with Crippen molar-refractivity contribution in [3.63, 3.8) is 0 Å². The molecule has 0 nitrogen and oxygen atoms in total. The normalized spacial score (nSPS) is 11.8. The lowest BCUT2D eigenvalue weighted by molar-refractivity contribution is -0.137. The van der Waals surface area contributed by atoms with Gasteiger partial charge in [0.2, 0.25) is 0 Å². The van der Waals surface area contributed by atoms with Crippen molar-refractivity contribution in [3.8, 4) is 0 Å². The molecule has 16 heavy (non-hydrogen) atoms. The van der Waals surface area contributed by atoms with Crippen LogP contribution in [0.3, 0.4) is 0 Å². The molecule has 0 bridgehead atoms. The first-order chi connectivity index (χ1) is 7.54. The minimum atomic E-state index is -4.24. The highest BCUT2D eigenvalue weighted by atomic mass is 79.9. The summed E-state index contributed by atoms with van der Waals surface area (Å²) in [6.45, 7) is 0. The van der Waals surface area contributed by atoms with Gasteiger partial charge in [0, 0.05) is 10.2 Å². The number of hydrogen-bond acceptors (Lipinski definition) is 1. The Morgan fingerprint density at radius 1 is 1.19 bits per heavy atom. The molecular weight excluding hydrogens is 301 g/mol. The monoisotopic (exact) mass is 312 g/mol. The van der Waals surface area contributed by atoms with Crippen molar-refractivity contribution in [2.45, 2.75) is 23.9 Å². The van der Waals surface area contributed by atoms with Gasteiger partial charge in [-0.15, -0.1) is 11.8 Å². The minimum absolute atomic E-state index is 0.571. The quantitative estimate of drug-likeness (QED) is 0.420. The Bertz CT molecular complexity index is 325. The van der Waals surface area contributed by atoms with Crippen LogP contribution >= 0.6 is 27.7 Å². The molecule has 0 amide bonds. The lowest BCUT2D eigenvalue weighted by atomic mass is 10.2. The van der Waals surface area contributed by atoms with Crippen LogP contribution in [0.15, 0.2) is 29.2 Å². The van der Waals surface area contributed by atoms with E-state index >= 15 is 0 Å². The van der Waals surface area contributed by atoms with Gasteiger partial charge in [-0.1, -0.05) is 22.0 Å². The fourth-order valence-electron chi connectivity index (χ4n) is 1.15. The standard InChI is InChI=1S/C11H12BrF3S/c12-6-1-2-7-16-10-5-3-4-9(8-10)11(13,14)15/h3-5,8H,1-2,6-7H2. The number of unbranched alkanes of at least 4 members (excludes halogenated alkanes) is 1. The molecule has 0 atom stereocenters. The van der Waals surface area contributed by atoms with E-state index in [1.807, 2.05) is 0 Å². The molecule has 0 fully saturated rings. The highest BCUT2D eigenvalue weighted by Crippen LogP contribution is 2.32. The van der Waals surface area contributed by atoms with Gasteiger partial charge in [0.05, 0.1) is 5.56 Å². The molecule has 0 unspecified atom stereocenters. The topological polar surface area (TPSA) is 0 Å². The molecule has 90 valence electrons. The van der Waals surface area contributed by atoms with Crippen LogP contribution in [0.25, 0.3) is 0 Å². The average molecular weight is 313 g/mol. The first-order valence-electron chi connectivity index (χ1n) is 4.90. The molecular formula is C11H12BrF3S. The van der Waals surface area contributed by atoms with Crippen molar-refractivity contribution >= 4 is 27.7 Å². The second kappa shape index (κ2) is 6.55. The summed E-state index contributed by atoms with van der Waals surface area (Å²) in [6.07, 6.45) is -2.19. The maximum atomic E-state index is 12.4. The molecule has 0 spiro atoms. The van der Waals surface area contributed by atoms with E-state index in [1.54, 1.807) is 6.07 Å². The van der Waals surface area contributed by atoms with E-state index in [2.05, 4.69) is 15.9 Å². The van der Waals surface area contributed by atoms with E-state index in [0.29, 0.717) is 4.90 Å². The van der Waals surface area contributed by atoms with E-state index in [4.69, 9.17) is 0 Å². The van der Waals surface area contributed by atoms with Crippen LogP contribution in [0.5, 0.6) is 0 Å². The van der Waals surface area contributed by atoms with Crippen molar-refractivity contribution in [1.29, 1.82) is 0 Å². The highest BCUT2D eigenvalue weighted by Gasteiger charge is 2.30. The fourth-order valence-corrected chi connectivity index (χ4v) is 2.51. The summed E-state index contributed by atoms with van der Waals surface area (Å²) in [7, 11) is 0. The maximum absolute atomic E-state index is 12.4. The molecule has 1 rings (SSSR count). The predicted octanol–water partition coefficient (Wildman–Crippen LogP) is 4.97. The zero-order chi connectivity index (χ0) is 12.0. The third-order valence-corrected chi connectivity index (χ3v) is 3.60. The van der Waals surface area contributed by atoms with Gasteiger partial charge in [-0.25, -0.2) is 0 Å². The molecule has 0 saturated heterocycles. The summed E-state index contributed by atoms with van der Waals surface area (Å²) in [4.78, 5) is 0.685. The lowest BCUT2D eigenvalue weighted by Crippen LogP contribution is -2.04. The summed E-state index contributed by atoms with van der Waals surface area (Å²) < 4.78 is 37.2. The molecule has 1 aromatic carbocycles. The smallest absolute Gasteiger partial charge is 0.166 e. The van der Waals surface area contributed by atoms with Gasteiger partial charge in [0.1, 0.15) is 0 Å². The van der Waals surface area contributed by atoms with Crippen LogP contribution < -0.4 is 0 Å². The van der Waals surface area contributed by atoms with Gasteiger partial charge < -0.3 is 0 Å². The Morgan fingerprint density at radius 3 is 2.56 bits per heavy atom. The molecule has 0 aliphatic carbocycles. The van der Waals surface area contributed by atoms with E-state index in [1.165, 1.54) is 23.9 Å². The zero-order valence-electron chi connectivity index (χ0n) is 8.56. The molecule has 0 aliphatic rings. The van der Waals surface area contributed by atoms with Crippen molar-refractivity contribution in [3.05, 3.63) is 29.8 Å². The molecule has 0 heterocycles. The first-order valence-corrected chi connectivity index (χ1v) is 7.01. The van der Waals surface area contributed by atoms with Crippen molar-refractivity contribution in [1.82, 2.24) is 0 Å². The molecule has 0 N–H and O–H groups in total. The lowest BCUT2D eigenvalue weighted by Gasteiger charge is -2.08. The highest BCUT2D eigenvalue weighted by molar-refractivity contribution is 9.09. The van der Waals surface area contributed by atoms with Crippen LogP contribution in [0.2, 0.25) is 0 Å². The van der Waals surface area contributed by atoms with Crippen molar-refractivity contribution in [2.24, 2.45) is 0 Å². The molecule has 5 heteroatoms. The van der Waals surface area contributed by atoms with Gasteiger partial charge in [-0.2, -0.15) is 13.2 Å². The summed E-state index contributed by atoms with van der Waals surface area (Å²) >= 11 is 4.79. The number of alkyl halides is 4. The maximum Gasteiger partial charge on any atom is 0.416 e. The van der Waals surface area contributed by atoms with E-state index in [0.717, 1.165) is 30.0 Å². The van der Waals surface area contributed by atoms with Crippen LogP contribution in [0.4, 0.5) is 13.2 Å². The number of rotatable bonds is 5. The van der Waals surface area contributed by atoms with Crippen molar-refractivity contribution in [2.75, 3.05) is 11.1 Å². The van der Waals surface area contributed by atoms with Gasteiger partial charge >= 0.3 is 6.18 Å². The second-order valence-electron chi connectivity index (χ2n) is 3.27. The third kappa shape index (κ3) is 4.78. The van der Waals surface area contributed by atoms with Crippen LogP contribution in [0, 0.1) is 0 Å². The number of thioether (sulfide) groups is 1. The van der Waals surface area contributed by atoms with Gasteiger partial charge in [-0.3, -0.25) is 0 Å². The SMILES string of the molecule is FC(F)(F)c1cccc(SCCCCBr)c1. The van der Waals surface area contributed by atoms with E-state index in [9.17, 15) is 13.2 Å². The minimum Gasteiger partial charge on any atom is -0.166 e. The molecule has 1 aromatic rings. The molecule has 0 aromatic heterocycles. The summed E-state index contributed by atoms with van der Waals surface area (Å²) in [6, 6.07) is 5.48. The Hall–Kier alpha value is -0.160. The van der Waals surface area contributed by atoms with Gasteiger partial charge in [0.25, 0.3) is 0 Å². The second-order valence-corrected chi connectivity index (χ2v) is 5.23. The van der Waals surface area contributed by atoms with Gasteiger partial charge in [-0.05, 0) is 36.8 Å². The fraction of sp³-hybridized carbons (Fsp3) is 0.455. The third-order valence-electron chi connectivity index (χ3n) is 1.96. The predicted molar refractivity (Wildman–Crippen MR) is 65.2 cm³/mol. The molecule has 0 aliphatic heterocycles. The summed E-state index contributed by atoms with van der Waals surface area (Å²) in [5, 5.41) is 0.941. The largest absolute Gasteiger partial charge is 0.416 e. The van der Waals surface area contributed by atoms with Crippen LogP contribution in [-0.4, -0.2) is 11.1 Å². The average Bonchev–Trinajstić information content (AvgIpc) is 2.24. The number of halogens is 4. The first kappa shape index (κ1) is 13.9. The van der Waals surface area contributed by atoms with Crippen molar-refractivity contribution < 1.29 is 13.2 Å². The van der Waals surface area contributed by atoms with E-state index in [-0.39, 0.29) is 0 Å². The Labute approximate surface area is 106 Å². The van der Waals surface area contributed by atoms with Gasteiger partial charge in [0.15, 0.2) is 0 Å². The Balaban J connectivity index is 2.54. The van der Waals surface area contributed by atoms with Crippen LogP contribution in [-0.2, 0) is 6.18 Å². The van der Waals surface area contributed by atoms with E-state index < -0.39 is 11.7 Å². The summed E-state index contributed by atoms with van der Waals surface area (Å²) in [5.74, 6) is 0.854. The summed E-state index contributed by atoms with van der Waals surface area (Å²) in [5.41, 5.74) is -0.571. The zero-order valence-corrected chi connectivity index (χ0v) is 11.0. The molecule has 0 saturated carbocycles. The Kier molecular flexibility index (Phi) is 5.69. The molecule has 0 radical (unpaired) electrons. The number of hydrogen-bond donors (Lipinski definition) is 0. The van der Waals surface area contributed by atoms with Crippen LogP contribution in [0.1, 0.15) is 18.4 Å². The number of benzene rings is 1.